The average Bonchev–Trinajstić information content (AvgIpc) is 2.67. The lowest BCUT2D eigenvalue weighted by molar-refractivity contribution is -0.228. The van der Waals surface area contributed by atoms with Gasteiger partial charge in [0.05, 0.1) is 18.6 Å². The smallest absolute Gasteiger partial charge is 0.183 e. The standard InChI is InChI=1S/C8H12N2O4/c11-5-4(7-9-1-2-10-7)3-14-8(13)6(5)12/h1-2,4-6,8,11-13H,3H2,(H,9,10)/t4-,5+,6+,8-/m1/s1. The molecule has 1 aromatic rings. The summed E-state index contributed by atoms with van der Waals surface area (Å²) in [5, 5.41) is 28.1. The second-order valence-electron chi connectivity index (χ2n) is 3.29. The molecule has 0 spiro atoms. The van der Waals surface area contributed by atoms with Crippen LogP contribution in [0.3, 0.4) is 0 Å². The van der Waals surface area contributed by atoms with Gasteiger partial charge in [0.15, 0.2) is 6.29 Å². The number of hydrogen-bond donors (Lipinski definition) is 4. The number of aromatic nitrogens is 2. The third-order valence-corrected chi connectivity index (χ3v) is 2.37. The van der Waals surface area contributed by atoms with E-state index in [-0.39, 0.29) is 6.61 Å². The predicted octanol–water partition coefficient (Wildman–Crippen LogP) is -1.44. The number of nitrogens with one attached hydrogen (secondary N) is 1. The average molecular weight is 200 g/mol. The Hall–Kier alpha value is -0.950. The minimum Gasteiger partial charge on any atom is -0.389 e. The Morgan fingerprint density at radius 3 is 2.79 bits per heavy atom. The summed E-state index contributed by atoms with van der Waals surface area (Å²) in [6, 6.07) is 0. The molecule has 4 N–H and O–H groups in total. The predicted molar refractivity (Wildman–Crippen MR) is 45.3 cm³/mol. The second kappa shape index (κ2) is 3.66. The number of hydrogen-bond acceptors (Lipinski definition) is 5. The van der Waals surface area contributed by atoms with E-state index in [1.54, 1.807) is 12.4 Å². The van der Waals surface area contributed by atoms with Gasteiger partial charge in [0.1, 0.15) is 11.9 Å². The van der Waals surface area contributed by atoms with Crippen LogP contribution in [0.1, 0.15) is 11.7 Å². The van der Waals surface area contributed by atoms with Crippen molar-refractivity contribution in [3.05, 3.63) is 18.2 Å². The van der Waals surface area contributed by atoms with E-state index in [9.17, 15) is 10.2 Å². The molecule has 0 unspecified atom stereocenters. The number of nitrogens with zero attached hydrogens (tertiary/aromatic N) is 1. The van der Waals surface area contributed by atoms with Crippen LogP contribution in [-0.2, 0) is 4.74 Å². The van der Waals surface area contributed by atoms with Crippen LogP contribution in [0.4, 0.5) is 0 Å². The molecule has 2 heterocycles. The summed E-state index contributed by atoms with van der Waals surface area (Å²) < 4.78 is 4.88. The first-order valence-corrected chi connectivity index (χ1v) is 4.35. The van der Waals surface area contributed by atoms with Gasteiger partial charge in [-0.25, -0.2) is 4.98 Å². The largest absolute Gasteiger partial charge is 0.389 e. The van der Waals surface area contributed by atoms with Gasteiger partial charge in [0.25, 0.3) is 0 Å². The maximum Gasteiger partial charge on any atom is 0.183 e. The summed E-state index contributed by atoms with van der Waals surface area (Å²) in [7, 11) is 0. The quantitative estimate of drug-likeness (QED) is 0.445. The highest BCUT2D eigenvalue weighted by atomic mass is 16.6. The number of aliphatic hydroxyl groups excluding tert-OH is 3. The molecular weight excluding hydrogens is 188 g/mol. The Kier molecular flexibility index (Phi) is 2.51. The van der Waals surface area contributed by atoms with Crippen LogP contribution in [0.25, 0.3) is 0 Å². The van der Waals surface area contributed by atoms with Gasteiger partial charge in [-0.2, -0.15) is 0 Å². The molecule has 1 aromatic heterocycles. The van der Waals surface area contributed by atoms with E-state index in [4.69, 9.17) is 9.84 Å². The van der Waals surface area contributed by atoms with E-state index in [1.807, 2.05) is 0 Å². The molecule has 0 saturated carbocycles. The first kappa shape index (κ1) is 9.60. The van der Waals surface area contributed by atoms with Crippen LogP contribution in [0, 0.1) is 0 Å². The van der Waals surface area contributed by atoms with Gasteiger partial charge >= 0.3 is 0 Å². The number of rotatable bonds is 1. The highest BCUT2D eigenvalue weighted by molar-refractivity contribution is 5.03. The van der Waals surface area contributed by atoms with Crippen molar-refractivity contribution < 1.29 is 20.1 Å². The zero-order valence-electron chi connectivity index (χ0n) is 7.37. The van der Waals surface area contributed by atoms with Crippen molar-refractivity contribution in [3.63, 3.8) is 0 Å². The molecule has 0 aromatic carbocycles. The number of imidazole rings is 1. The maximum atomic E-state index is 9.63. The number of H-pyrrole nitrogens is 1. The molecule has 0 radical (unpaired) electrons. The maximum absolute atomic E-state index is 9.63. The van der Waals surface area contributed by atoms with Crippen LogP contribution < -0.4 is 0 Å². The van der Waals surface area contributed by atoms with Crippen molar-refractivity contribution in [2.24, 2.45) is 0 Å². The van der Waals surface area contributed by atoms with Crippen molar-refractivity contribution in [3.8, 4) is 0 Å². The number of ether oxygens (including phenoxy) is 1. The van der Waals surface area contributed by atoms with Crippen molar-refractivity contribution >= 4 is 0 Å². The van der Waals surface area contributed by atoms with Crippen LogP contribution in [0.15, 0.2) is 12.4 Å². The number of aromatic amines is 1. The van der Waals surface area contributed by atoms with Crippen molar-refractivity contribution in [1.82, 2.24) is 9.97 Å². The molecule has 6 heteroatoms. The van der Waals surface area contributed by atoms with Crippen LogP contribution >= 0.6 is 0 Å². The summed E-state index contributed by atoms with van der Waals surface area (Å²) in [5.41, 5.74) is 0. The van der Waals surface area contributed by atoms with Crippen LogP contribution in [-0.4, -0.2) is 50.4 Å². The summed E-state index contributed by atoms with van der Waals surface area (Å²) in [5.74, 6) is 0.117. The fourth-order valence-corrected chi connectivity index (χ4v) is 1.53. The fourth-order valence-electron chi connectivity index (χ4n) is 1.53. The van der Waals surface area contributed by atoms with Crippen molar-refractivity contribution in [2.75, 3.05) is 6.61 Å². The highest BCUT2D eigenvalue weighted by Gasteiger charge is 2.39. The van der Waals surface area contributed by atoms with Gasteiger partial charge < -0.3 is 25.0 Å². The molecule has 78 valence electrons. The Bertz CT molecular complexity index is 290. The number of aliphatic hydroxyl groups is 3. The molecule has 2 rings (SSSR count). The van der Waals surface area contributed by atoms with Gasteiger partial charge in [0, 0.05) is 12.4 Å². The lowest BCUT2D eigenvalue weighted by atomic mass is 9.95. The normalized spacial score (nSPS) is 38.5. The zero-order chi connectivity index (χ0) is 10.1. The molecule has 0 bridgehead atoms. The van der Waals surface area contributed by atoms with Crippen molar-refractivity contribution in [2.45, 2.75) is 24.4 Å². The Labute approximate surface area is 80.2 Å². The first-order chi connectivity index (χ1) is 6.70. The minimum atomic E-state index is -1.32. The van der Waals surface area contributed by atoms with Gasteiger partial charge in [-0.1, -0.05) is 0 Å². The van der Waals surface area contributed by atoms with E-state index < -0.39 is 24.4 Å². The van der Waals surface area contributed by atoms with E-state index in [0.29, 0.717) is 5.82 Å². The molecule has 0 amide bonds. The molecule has 0 aliphatic carbocycles. The Morgan fingerprint density at radius 1 is 1.36 bits per heavy atom. The van der Waals surface area contributed by atoms with Gasteiger partial charge in [0.2, 0.25) is 0 Å². The molecule has 1 aliphatic rings. The lowest BCUT2D eigenvalue weighted by Crippen LogP contribution is -2.49. The van der Waals surface area contributed by atoms with Crippen LogP contribution in [0.2, 0.25) is 0 Å². The zero-order valence-corrected chi connectivity index (χ0v) is 7.37. The molecule has 4 atom stereocenters. The SMILES string of the molecule is O[C@@H]1[C@H](O)[C@H](O)OC[C@H]1c1ncc[nH]1. The van der Waals surface area contributed by atoms with Gasteiger partial charge in [-0.15, -0.1) is 0 Å². The summed E-state index contributed by atoms with van der Waals surface area (Å²) in [6.45, 7) is 0.132. The molecule has 1 fully saturated rings. The van der Waals surface area contributed by atoms with Gasteiger partial charge in [-0.05, 0) is 0 Å². The molecule has 1 aliphatic heterocycles. The fraction of sp³-hybridized carbons (Fsp3) is 0.625. The van der Waals surface area contributed by atoms with E-state index in [1.165, 1.54) is 0 Å². The summed E-state index contributed by atoms with van der Waals surface area (Å²) in [4.78, 5) is 6.79. The van der Waals surface area contributed by atoms with Crippen molar-refractivity contribution in [1.29, 1.82) is 0 Å². The molecule has 6 nitrogen and oxygen atoms in total. The summed E-state index contributed by atoms with van der Waals surface area (Å²) >= 11 is 0. The first-order valence-electron chi connectivity index (χ1n) is 4.35. The van der Waals surface area contributed by atoms with E-state index in [0.717, 1.165) is 0 Å². The lowest BCUT2D eigenvalue weighted by Gasteiger charge is -2.33. The summed E-state index contributed by atoms with van der Waals surface area (Å²) in [6.07, 6.45) is -0.501. The topological polar surface area (TPSA) is 98.6 Å². The highest BCUT2D eigenvalue weighted by Crippen LogP contribution is 2.25. The third kappa shape index (κ3) is 1.53. The van der Waals surface area contributed by atoms with E-state index in [2.05, 4.69) is 9.97 Å². The molecular formula is C8H12N2O4. The third-order valence-electron chi connectivity index (χ3n) is 2.37. The second-order valence-corrected chi connectivity index (χ2v) is 3.29. The molecule has 14 heavy (non-hydrogen) atoms. The Balaban J connectivity index is 2.14. The Morgan fingerprint density at radius 2 is 2.14 bits per heavy atom. The molecule has 1 saturated heterocycles. The van der Waals surface area contributed by atoms with E-state index >= 15 is 0 Å². The van der Waals surface area contributed by atoms with Crippen LogP contribution in [0.5, 0.6) is 0 Å². The minimum absolute atomic E-state index is 0.132. The monoisotopic (exact) mass is 200 g/mol. The van der Waals surface area contributed by atoms with Gasteiger partial charge in [-0.3, -0.25) is 0 Å².